The van der Waals surface area contributed by atoms with Crippen LogP contribution in [0.25, 0.3) is 6.08 Å². The Labute approximate surface area is 197 Å². The van der Waals surface area contributed by atoms with Crippen molar-refractivity contribution in [2.24, 2.45) is 0 Å². The van der Waals surface area contributed by atoms with Crippen LogP contribution < -0.4 is 4.90 Å². The quantitative estimate of drug-likeness (QED) is 0.607. The van der Waals surface area contributed by atoms with Crippen molar-refractivity contribution in [1.29, 1.82) is 0 Å². The molecule has 1 amide bonds. The van der Waals surface area contributed by atoms with Gasteiger partial charge < -0.3 is 10.0 Å². The van der Waals surface area contributed by atoms with E-state index in [0.29, 0.717) is 16.3 Å². The fourth-order valence-electron chi connectivity index (χ4n) is 5.11. The molecule has 2 aliphatic heterocycles. The second kappa shape index (κ2) is 8.37. The number of carbonyl (C=O) groups is 2. The molecule has 32 heavy (non-hydrogen) atoms. The number of thioether (sulfide) groups is 1. The normalized spacial score (nSPS) is 23.6. The third-order valence-electron chi connectivity index (χ3n) is 6.52. The van der Waals surface area contributed by atoms with E-state index in [2.05, 4.69) is 54.3 Å². The van der Waals surface area contributed by atoms with Gasteiger partial charge in [-0.3, -0.25) is 14.5 Å². The zero-order valence-electron chi connectivity index (χ0n) is 17.8. The van der Waals surface area contributed by atoms with Crippen molar-refractivity contribution in [2.45, 2.75) is 44.6 Å². The lowest BCUT2D eigenvalue weighted by Gasteiger charge is -2.27. The molecule has 0 spiro atoms. The van der Waals surface area contributed by atoms with Crippen LogP contribution in [-0.2, 0) is 9.59 Å². The summed E-state index contributed by atoms with van der Waals surface area (Å²) in [6, 6.07) is 15.8. The second-order valence-electron chi connectivity index (χ2n) is 8.66. The lowest BCUT2D eigenvalue weighted by Crippen LogP contribution is -2.40. The summed E-state index contributed by atoms with van der Waals surface area (Å²) in [6.45, 7) is 1.73. The van der Waals surface area contributed by atoms with Gasteiger partial charge in [0, 0.05) is 28.2 Å². The maximum atomic E-state index is 12.4. The maximum absolute atomic E-state index is 12.4. The highest BCUT2D eigenvalue weighted by molar-refractivity contribution is 8.25. The van der Waals surface area contributed by atoms with Crippen molar-refractivity contribution in [3.8, 4) is 0 Å². The molecule has 2 unspecified atom stereocenters. The third-order valence-corrected chi connectivity index (χ3v) is 7.91. The highest BCUT2D eigenvalue weighted by atomic mass is 32.2. The molecule has 2 heterocycles. The number of nitrogens with zero attached hydrogens (tertiary/aromatic N) is 2. The Morgan fingerprint density at radius 3 is 2.72 bits per heavy atom. The molecule has 5 rings (SSSR count). The molecule has 1 saturated carbocycles. The molecule has 164 valence electrons. The van der Waals surface area contributed by atoms with E-state index < -0.39 is 5.97 Å². The molecule has 2 fully saturated rings. The molecule has 3 aliphatic rings. The first kappa shape index (κ1) is 21.2. The van der Waals surface area contributed by atoms with Gasteiger partial charge in [0.15, 0.2) is 0 Å². The van der Waals surface area contributed by atoms with E-state index in [4.69, 9.17) is 17.3 Å². The first-order chi connectivity index (χ1) is 15.4. The van der Waals surface area contributed by atoms with Crippen molar-refractivity contribution in [3.63, 3.8) is 0 Å². The van der Waals surface area contributed by atoms with Gasteiger partial charge in [-0.2, -0.15) is 0 Å². The molecule has 1 N–H and O–H groups in total. The summed E-state index contributed by atoms with van der Waals surface area (Å²) in [5.41, 5.74) is 6.22. The number of carboxylic acid groups (broad SMARTS) is 1. The number of benzene rings is 2. The number of hydrogen-bond acceptors (Lipinski definition) is 5. The number of thiocarbonyl (C=S) groups is 1. The van der Waals surface area contributed by atoms with Gasteiger partial charge in [-0.15, -0.1) is 0 Å². The Bertz CT molecular complexity index is 1120. The maximum Gasteiger partial charge on any atom is 0.323 e. The largest absolute Gasteiger partial charge is 0.480 e. The molecule has 0 bridgehead atoms. The van der Waals surface area contributed by atoms with Gasteiger partial charge in [0.25, 0.3) is 0 Å². The predicted molar refractivity (Wildman–Crippen MR) is 132 cm³/mol. The van der Waals surface area contributed by atoms with Gasteiger partial charge in [0.1, 0.15) is 10.9 Å². The summed E-state index contributed by atoms with van der Waals surface area (Å²) in [5.74, 6) is -0.793. The van der Waals surface area contributed by atoms with Crippen molar-refractivity contribution < 1.29 is 14.7 Å². The first-order valence-electron chi connectivity index (χ1n) is 10.8. The number of aryl methyl sites for hydroxylation is 1. The molecule has 1 saturated heterocycles. The van der Waals surface area contributed by atoms with Crippen LogP contribution in [0.5, 0.6) is 0 Å². The van der Waals surface area contributed by atoms with E-state index in [9.17, 15) is 9.59 Å². The van der Waals surface area contributed by atoms with Crippen LogP contribution in [0.1, 0.15) is 48.3 Å². The molecule has 1 aliphatic carbocycles. The Morgan fingerprint density at radius 1 is 1.22 bits per heavy atom. The molecule has 0 radical (unpaired) electrons. The number of carbonyl (C=O) groups excluding carboxylic acids is 1. The van der Waals surface area contributed by atoms with E-state index in [0.717, 1.165) is 10.5 Å². The number of rotatable bonds is 4. The number of hydrogen-bond donors (Lipinski definition) is 1. The van der Waals surface area contributed by atoms with Crippen LogP contribution in [-0.4, -0.2) is 38.8 Å². The Kier molecular flexibility index (Phi) is 5.55. The first-order valence-corrected chi connectivity index (χ1v) is 12.1. The van der Waals surface area contributed by atoms with Crippen LogP contribution in [0.15, 0.2) is 47.4 Å². The molecule has 2 atom stereocenters. The van der Waals surface area contributed by atoms with Gasteiger partial charge in [-0.05, 0) is 61.2 Å². The average molecular weight is 465 g/mol. The van der Waals surface area contributed by atoms with Crippen LogP contribution in [0.4, 0.5) is 11.4 Å². The monoisotopic (exact) mass is 464 g/mol. The lowest BCUT2D eigenvalue weighted by atomic mass is 9.96. The summed E-state index contributed by atoms with van der Waals surface area (Å²) in [6.07, 6.45) is 5.83. The summed E-state index contributed by atoms with van der Waals surface area (Å²) in [4.78, 5) is 27.9. The van der Waals surface area contributed by atoms with Crippen molar-refractivity contribution in [3.05, 3.63) is 64.1 Å². The molecular formula is C25H24N2O3S2. The van der Waals surface area contributed by atoms with E-state index in [1.165, 1.54) is 58.4 Å². The highest BCUT2D eigenvalue weighted by Gasteiger charge is 2.42. The lowest BCUT2D eigenvalue weighted by molar-refractivity contribution is -0.141. The number of amides is 1. The molecule has 0 aromatic heterocycles. The smallest absolute Gasteiger partial charge is 0.323 e. The summed E-state index contributed by atoms with van der Waals surface area (Å²) >= 11 is 6.60. The zero-order chi connectivity index (χ0) is 22.4. The highest BCUT2D eigenvalue weighted by Crippen LogP contribution is 2.52. The van der Waals surface area contributed by atoms with E-state index >= 15 is 0 Å². The van der Waals surface area contributed by atoms with E-state index in [1.54, 1.807) is 0 Å². The minimum absolute atomic E-state index is 0.177. The average Bonchev–Trinajstić information content (AvgIpc) is 3.32. The Morgan fingerprint density at radius 2 is 2.00 bits per heavy atom. The number of carboxylic acids is 1. The molecule has 7 heteroatoms. The van der Waals surface area contributed by atoms with Crippen LogP contribution in [0.3, 0.4) is 0 Å². The number of fused-ring (bicyclic) bond motifs is 3. The molecule has 2 aromatic rings. The summed E-state index contributed by atoms with van der Waals surface area (Å²) < 4.78 is 0.303. The van der Waals surface area contributed by atoms with Crippen molar-refractivity contribution in [2.75, 3.05) is 11.4 Å². The molecule has 5 nitrogen and oxygen atoms in total. The van der Waals surface area contributed by atoms with Gasteiger partial charge >= 0.3 is 5.97 Å². The van der Waals surface area contributed by atoms with Gasteiger partial charge in [-0.1, -0.05) is 54.2 Å². The van der Waals surface area contributed by atoms with Crippen LogP contribution >= 0.6 is 24.0 Å². The SMILES string of the molecule is Cc1ccc(N2c3ccc(/C=C4/CC(=O)N(CC(=O)O)C(=S)S4)cc3C3CCCC32)cc1. The van der Waals surface area contributed by atoms with E-state index in [1.807, 2.05) is 6.08 Å². The zero-order valence-corrected chi connectivity index (χ0v) is 19.4. The number of aliphatic carboxylic acids is 1. The summed E-state index contributed by atoms with van der Waals surface area (Å²) in [7, 11) is 0. The second-order valence-corrected chi connectivity index (χ2v) is 10.4. The standard InChI is InChI=1S/C25H24N2O3S2/c1-15-5-8-17(9-6-15)27-21-4-2-3-19(21)20-12-16(7-10-22(20)27)11-18-13-23(28)26(14-24(29)30)25(31)32-18/h5-12,19,21H,2-4,13-14H2,1H3,(H,29,30)/b18-11-. The van der Waals surface area contributed by atoms with Crippen molar-refractivity contribution in [1.82, 2.24) is 4.90 Å². The van der Waals surface area contributed by atoms with Gasteiger partial charge in [0.05, 0.1) is 6.42 Å². The molecular weight excluding hydrogens is 440 g/mol. The van der Waals surface area contributed by atoms with Crippen molar-refractivity contribution >= 4 is 57.6 Å². The van der Waals surface area contributed by atoms with E-state index in [-0.39, 0.29) is 18.9 Å². The topological polar surface area (TPSA) is 60.9 Å². The third kappa shape index (κ3) is 3.84. The Hall–Kier alpha value is -2.64. The summed E-state index contributed by atoms with van der Waals surface area (Å²) in [5, 5.41) is 9.00. The Balaban J connectivity index is 1.44. The van der Waals surface area contributed by atoms with Crippen LogP contribution in [0.2, 0.25) is 0 Å². The fourth-order valence-corrected chi connectivity index (χ4v) is 6.49. The minimum atomic E-state index is -1.06. The molecule has 2 aromatic carbocycles. The van der Waals surface area contributed by atoms with Gasteiger partial charge in [0.2, 0.25) is 5.91 Å². The predicted octanol–water partition coefficient (Wildman–Crippen LogP) is 5.46. The van der Waals surface area contributed by atoms with Gasteiger partial charge in [-0.25, -0.2) is 0 Å². The minimum Gasteiger partial charge on any atom is -0.480 e. The fraction of sp³-hybridized carbons (Fsp3) is 0.320. The van der Waals surface area contributed by atoms with Crippen LogP contribution in [0, 0.1) is 6.92 Å². The number of anilines is 2.